The Bertz CT molecular complexity index is 267. The van der Waals surface area contributed by atoms with Crippen molar-refractivity contribution in [3.63, 3.8) is 0 Å². The predicted molar refractivity (Wildman–Crippen MR) is 85.8 cm³/mol. The molecule has 0 fully saturated rings. The first kappa shape index (κ1) is 24.0. The normalized spacial score (nSPS) is 12.3. The molecule has 0 unspecified atom stereocenters. The van der Waals surface area contributed by atoms with Crippen LogP contribution in [0, 0.1) is 0 Å². The second-order valence-electron chi connectivity index (χ2n) is 5.89. The van der Waals surface area contributed by atoms with Crippen LogP contribution in [0.15, 0.2) is 12.2 Å². The van der Waals surface area contributed by atoms with Gasteiger partial charge in [0, 0.05) is 5.97 Å². The molecule has 0 heterocycles. The number of carbonyl (C=O) groups excluding carboxylic acids is 1. The van der Waals surface area contributed by atoms with Crippen molar-refractivity contribution in [2.75, 3.05) is 0 Å². The number of carbonyl (C=O) groups is 1. The van der Waals surface area contributed by atoms with Gasteiger partial charge in [-0.05, 0) is 38.5 Å². The van der Waals surface area contributed by atoms with Crippen LogP contribution in [0.5, 0.6) is 0 Å². The van der Waals surface area contributed by atoms with Gasteiger partial charge in [0.05, 0.1) is 6.10 Å². The van der Waals surface area contributed by atoms with E-state index in [-0.39, 0.29) is 31.4 Å². The minimum atomic E-state index is -0.939. The van der Waals surface area contributed by atoms with Gasteiger partial charge in [-0.2, -0.15) is 0 Å². The number of aliphatic hydroxyl groups is 1. The zero-order chi connectivity index (χ0) is 15.8. The molecule has 0 aromatic rings. The third kappa shape index (κ3) is 19.8. The van der Waals surface area contributed by atoms with Crippen molar-refractivity contribution in [3.8, 4) is 0 Å². The summed E-state index contributed by atoms with van der Waals surface area (Å²) in [5, 5.41) is 20.0. The van der Waals surface area contributed by atoms with Crippen LogP contribution in [0.3, 0.4) is 0 Å². The largest absolute Gasteiger partial charge is 1.00 e. The maximum Gasteiger partial charge on any atom is 1.00 e. The van der Waals surface area contributed by atoms with Crippen molar-refractivity contribution in [2.45, 2.75) is 96.5 Å². The monoisotopic (exact) mass is 304 g/mol. The van der Waals surface area contributed by atoms with E-state index < -0.39 is 5.97 Å². The summed E-state index contributed by atoms with van der Waals surface area (Å²) >= 11 is 0. The van der Waals surface area contributed by atoms with E-state index in [4.69, 9.17) is 0 Å². The molecule has 124 valence electrons. The van der Waals surface area contributed by atoms with E-state index in [0.29, 0.717) is 0 Å². The molecule has 0 saturated heterocycles. The summed E-state index contributed by atoms with van der Waals surface area (Å²) in [5.41, 5.74) is 0. The molecule has 22 heavy (non-hydrogen) atoms. The summed E-state index contributed by atoms with van der Waals surface area (Å²) in [6.45, 7) is 2.20. The topological polar surface area (TPSA) is 60.4 Å². The van der Waals surface area contributed by atoms with Gasteiger partial charge in [-0.1, -0.05) is 64.0 Å². The van der Waals surface area contributed by atoms with E-state index in [1.165, 1.54) is 19.3 Å². The molecule has 0 aromatic carbocycles. The Morgan fingerprint density at radius 2 is 1.64 bits per heavy atom. The van der Waals surface area contributed by atoms with Gasteiger partial charge in [-0.15, -0.1) is 0 Å². The summed E-state index contributed by atoms with van der Waals surface area (Å²) < 4.78 is 0. The molecule has 4 heteroatoms. The van der Waals surface area contributed by atoms with Crippen LogP contribution < -0.4 is 24.0 Å². The number of aliphatic hydroxyl groups excluding tert-OH is 1. The van der Waals surface area contributed by atoms with Crippen LogP contribution in [0.4, 0.5) is 0 Å². The van der Waals surface area contributed by atoms with Gasteiger partial charge < -0.3 is 15.0 Å². The van der Waals surface area contributed by atoms with Gasteiger partial charge in [-0.25, -0.2) is 0 Å². The van der Waals surface area contributed by atoms with E-state index in [1.807, 2.05) is 0 Å². The second kappa shape index (κ2) is 18.8. The minimum Gasteiger partial charge on any atom is -0.550 e. The van der Waals surface area contributed by atoms with E-state index in [1.54, 1.807) is 0 Å². The molecule has 0 rings (SSSR count). The Balaban J connectivity index is 0. The molecule has 0 bridgehead atoms. The first-order valence-corrected chi connectivity index (χ1v) is 8.69. The fraction of sp³-hybridized carbons (Fsp3) is 0.833. The molecule has 1 atom stereocenters. The number of allylic oxidation sites excluding steroid dienone is 1. The van der Waals surface area contributed by atoms with Crippen LogP contribution in [-0.2, 0) is 4.79 Å². The Morgan fingerprint density at radius 3 is 2.32 bits per heavy atom. The van der Waals surface area contributed by atoms with Crippen molar-refractivity contribution in [1.82, 2.24) is 0 Å². The Labute approximate surface area is 148 Å². The van der Waals surface area contributed by atoms with Crippen LogP contribution >= 0.6 is 0 Å². The number of carboxylic acids is 1. The molecular formula is C18H33LiO3. The SMILES string of the molecule is CCCCCC[C@@H](O)CC=CCCCCCCCC(=O)[O-].[Li+]. The zero-order valence-corrected chi connectivity index (χ0v) is 14.7. The van der Waals surface area contributed by atoms with Gasteiger partial charge in [0.25, 0.3) is 0 Å². The maximum atomic E-state index is 10.2. The maximum absolute atomic E-state index is 10.2. The average molecular weight is 304 g/mol. The average Bonchev–Trinajstić information content (AvgIpc) is 2.45. The summed E-state index contributed by atoms with van der Waals surface area (Å²) in [5.74, 6) is -0.939. The quantitative estimate of drug-likeness (QED) is 0.276. The summed E-state index contributed by atoms with van der Waals surface area (Å²) in [6, 6.07) is 0. The molecule has 3 nitrogen and oxygen atoms in total. The number of hydrogen-bond acceptors (Lipinski definition) is 3. The molecule has 0 radical (unpaired) electrons. The third-order valence-electron chi connectivity index (χ3n) is 3.72. The van der Waals surface area contributed by atoms with Crippen LogP contribution in [0.25, 0.3) is 0 Å². The molecule has 1 N–H and O–H groups in total. The number of rotatable bonds is 15. The summed E-state index contributed by atoms with van der Waals surface area (Å²) in [7, 11) is 0. The van der Waals surface area contributed by atoms with Crippen molar-refractivity contribution < 1.29 is 33.9 Å². The molecular weight excluding hydrogens is 271 g/mol. The van der Waals surface area contributed by atoms with Gasteiger partial charge in [0.2, 0.25) is 0 Å². The van der Waals surface area contributed by atoms with Gasteiger partial charge >= 0.3 is 18.9 Å². The molecule has 0 aliphatic heterocycles. The molecule has 0 aromatic heterocycles. The summed E-state index contributed by atoms with van der Waals surface area (Å²) in [4.78, 5) is 10.2. The molecule has 0 aliphatic carbocycles. The van der Waals surface area contributed by atoms with Crippen molar-refractivity contribution in [3.05, 3.63) is 12.2 Å². The Hall–Kier alpha value is -0.233. The third-order valence-corrected chi connectivity index (χ3v) is 3.72. The molecule has 0 aliphatic rings. The smallest absolute Gasteiger partial charge is 0.550 e. The second-order valence-corrected chi connectivity index (χ2v) is 5.89. The number of aliphatic carboxylic acids is 1. The van der Waals surface area contributed by atoms with Crippen molar-refractivity contribution in [1.29, 1.82) is 0 Å². The number of unbranched alkanes of at least 4 members (excludes halogenated alkanes) is 8. The fourth-order valence-corrected chi connectivity index (χ4v) is 2.36. The zero-order valence-electron chi connectivity index (χ0n) is 14.7. The van der Waals surface area contributed by atoms with Gasteiger partial charge in [0.1, 0.15) is 0 Å². The predicted octanol–water partition coefficient (Wildman–Crippen LogP) is 0.749. The van der Waals surface area contributed by atoms with Crippen LogP contribution in [0.2, 0.25) is 0 Å². The van der Waals surface area contributed by atoms with Crippen molar-refractivity contribution in [2.24, 2.45) is 0 Å². The molecule has 0 spiro atoms. The van der Waals surface area contributed by atoms with Crippen LogP contribution in [0.1, 0.15) is 90.4 Å². The summed E-state index contributed by atoms with van der Waals surface area (Å²) in [6.07, 6.45) is 17.0. The minimum absolute atomic E-state index is 0. The van der Waals surface area contributed by atoms with E-state index in [9.17, 15) is 15.0 Å². The standard InChI is InChI=1S/C18H34O3.Li/c1-2-3-4-11-14-17(19)15-12-9-7-5-6-8-10-13-16-18(20)21;/h9,12,17,19H,2-8,10-11,13-16H2,1H3,(H,20,21);/q;+1/p-1/t17-;/m1./s1. The van der Waals surface area contributed by atoms with E-state index in [2.05, 4.69) is 19.1 Å². The first-order chi connectivity index (χ1) is 10.2. The van der Waals surface area contributed by atoms with Crippen LogP contribution in [-0.4, -0.2) is 17.2 Å². The molecule has 0 saturated carbocycles. The number of carboxylic acid groups (broad SMARTS) is 1. The number of hydrogen-bond donors (Lipinski definition) is 1. The Morgan fingerprint density at radius 1 is 1.00 bits per heavy atom. The van der Waals surface area contributed by atoms with E-state index in [0.717, 1.165) is 57.8 Å². The van der Waals surface area contributed by atoms with E-state index >= 15 is 0 Å². The van der Waals surface area contributed by atoms with Gasteiger partial charge in [-0.3, -0.25) is 0 Å². The first-order valence-electron chi connectivity index (χ1n) is 8.69. The molecule has 0 amide bonds. The fourth-order valence-electron chi connectivity index (χ4n) is 2.36. The van der Waals surface area contributed by atoms with Crippen molar-refractivity contribution >= 4 is 5.97 Å². The Kier molecular flexibility index (Phi) is 20.5. The van der Waals surface area contributed by atoms with Gasteiger partial charge in [0.15, 0.2) is 0 Å².